The van der Waals surface area contributed by atoms with Gasteiger partial charge in [-0.1, -0.05) is 12.2 Å². The van der Waals surface area contributed by atoms with Crippen LogP contribution in [0.3, 0.4) is 0 Å². The molecule has 0 N–H and O–H groups in total. The van der Waals surface area contributed by atoms with E-state index in [9.17, 15) is 9.59 Å². The highest BCUT2D eigenvalue weighted by Gasteiger charge is 2.14. The topological polar surface area (TPSA) is 71.1 Å². The van der Waals surface area contributed by atoms with Gasteiger partial charge in [0.1, 0.15) is 0 Å². The third-order valence-corrected chi connectivity index (χ3v) is 4.64. The van der Waals surface area contributed by atoms with Gasteiger partial charge < -0.3 is 18.9 Å². The summed E-state index contributed by atoms with van der Waals surface area (Å²) < 4.78 is 22.2. The molecule has 0 amide bonds. The summed E-state index contributed by atoms with van der Waals surface area (Å²) in [5.41, 5.74) is 1.64. The summed E-state index contributed by atoms with van der Waals surface area (Å²) >= 11 is 6.79. The van der Waals surface area contributed by atoms with Gasteiger partial charge in [-0.2, -0.15) is 0 Å². The molecule has 0 saturated heterocycles. The van der Waals surface area contributed by atoms with Crippen molar-refractivity contribution in [2.75, 3.05) is 14.2 Å². The lowest BCUT2D eigenvalue weighted by molar-refractivity contribution is -0.133. The van der Waals surface area contributed by atoms with Gasteiger partial charge in [-0.05, 0) is 67.3 Å². The van der Waals surface area contributed by atoms with E-state index in [1.54, 1.807) is 24.3 Å². The molecule has 0 fully saturated rings. The lowest BCUT2D eigenvalue weighted by atomic mass is 10.1. The molecule has 0 radical (unpaired) electrons. The monoisotopic (exact) mass is 512 g/mol. The Morgan fingerprint density at radius 2 is 1.11 bits per heavy atom. The smallest absolute Gasteiger partial charge is 0.308 e. The minimum atomic E-state index is -0.438. The van der Waals surface area contributed by atoms with E-state index in [1.165, 1.54) is 28.1 Å². The summed E-state index contributed by atoms with van der Waals surface area (Å²) in [4.78, 5) is 22.5. The Morgan fingerprint density at radius 3 is 1.39 bits per heavy atom. The van der Waals surface area contributed by atoms with E-state index >= 15 is 0 Å². The van der Waals surface area contributed by atoms with Crippen molar-refractivity contribution in [1.82, 2.24) is 0 Å². The lowest BCUT2D eigenvalue weighted by Gasteiger charge is -2.12. The molecule has 8 heteroatoms. The fourth-order valence-corrected chi connectivity index (χ4v) is 3.43. The molecule has 0 atom stereocenters. The molecule has 0 aliphatic carbocycles. The van der Waals surface area contributed by atoms with E-state index in [4.69, 9.17) is 18.9 Å². The van der Waals surface area contributed by atoms with Gasteiger partial charge in [0.05, 0.1) is 23.2 Å². The fraction of sp³-hybridized carbons (Fsp3) is 0.200. The van der Waals surface area contributed by atoms with Crippen LogP contribution >= 0.6 is 31.9 Å². The Bertz CT molecular complexity index is 861. The molecule has 6 nitrogen and oxygen atoms in total. The van der Waals surface area contributed by atoms with Crippen molar-refractivity contribution in [2.45, 2.75) is 13.8 Å². The fourth-order valence-electron chi connectivity index (χ4n) is 2.35. The molecular weight excluding hydrogens is 496 g/mol. The molecule has 0 aromatic heterocycles. The summed E-state index contributed by atoms with van der Waals surface area (Å²) in [5, 5.41) is 0. The molecule has 28 heavy (non-hydrogen) atoms. The molecule has 2 aromatic carbocycles. The van der Waals surface area contributed by atoms with Crippen molar-refractivity contribution in [2.24, 2.45) is 0 Å². The largest absolute Gasteiger partial charge is 0.493 e. The van der Waals surface area contributed by atoms with Gasteiger partial charge in [0.2, 0.25) is 0 Å². The molecule has 0 unspecified atom stereocenters. The number of esters is 2. The van der Waals surface area contributed by atoms with Crippen LogP contribution in [0, 0.1) is 0 Å². The Kier molecular flexibility index (Phi) is 7.65. The average Bonchev–Trinajstić information content (AvgIpc) is 2.62. The molecule has 0 saturated carbocycles. The second kappa shape index (κ2) is 9.75. The van der Waals surface area contributed by atoms with E-state index in [0.29, 0.717) is 31.9 Å². The van der Waals surface area contributed by atoms with E-state index in [2.05, 4.69) is 31.9 Å². The number of carbonyl (C=O) groups is 2. The van der Waals surface area contributed by atoms with Crippen LogP contribution < -0.4 is 18.9 Å². The number of rotatable bonds is 6. The Morgan fingerprint density at radius 1 is 0.750 bits per heavy atom. The number of hydrogen-bond donors (Lipinski definition) is 0. The first kappa shape index (κ1) is 22.0. The van der Waals surface area contributed by atoms with Crippen LogP contribution in [-0.2, 0) is 9.59 Å². The van der Waals surface area contributed by atoms with Gasteiger partial charge in [0.15, 0.2) is 23.0 Å². The van der Waals surface area contributed by atoms with E-state index in [-0.39, 0.29) is 0 Å². The summed E-state index contributed by atoms with van der Waals surface area (Å²) in [6, 6.07) is 7.10. The minimum Gasteiger partial charge on any atom is -0.493 e. The normalized spacial score (nSPS) is 10.6. The van der Waals surface area contributed by atoms with E-state index in [1.807, 2.05) is 12.2 Å². The molecular formula is C20H18Br2O6. The number of hydrogen-bond acceptors (Lipinski definition) is 6. The van der Waals surface area contributed by atoms with Gasteiger partial charge in [0.25, 0.3) is 0 Å². The van der Waals surface area contributed by atoms with Crippen molar-refractivity contribution in [3.63, 3.8) is 0 Å². The molecule has 148 valence electrons. The van der Waals surface area contributed by atoms with Gasteiger partial charge in [0, 0.05) is 13.8 Å². The Balaban J connectivity index is 2.38. The number of benzene rings is 2. The molecule has 2 rings (SSSR count). The number of carbonyl (C=O) groups excluding carboxylic acids is 2. The van der Waals surface area contributed by atoms with Gasteiger partial charge in [-0.3, -0.25) is 9.59 Å². The van der Waals surface area contributed by atoms with Crippen LogP contribution in [0.15, 0.2) is 33.2 Å². The second-order valence-corrected chi connectivity index (χ2v) is 7.30. The van der Waals surface area contributed by atoms with Crippen molar-refractivity contribution >= 4 is 56.0 Å². The van der Waals surface area contributed by atoms with Gasteiger partial charge >= 0.3 is 11.9 Å². The zero-order chi connectivity index (χ0) is 20.8. The number of halogens is 2. The predicted octanol–water partition coefficient (Wildman–Crippen LogP) is 5.25. The molecule has 0 aliphatic rings. The SMILES string of the molecule is COc1cc(C=Cc2cc(Br)c(OC(C)=O)c(OC)c2)cc(Br)c1OC(C)=O. The summed E-state index contributed by atoms with van der Waals surface area (Å²) in [6.07, 6.45) is 3.72. The zero-order valence-electron chi connectivity index (χ0n) is 15.7. The highest BCUT2D eigenvalue weighted by molar-refractivity contribution is 9.11. The molecule has 0 aliphatic heterocycles. The van der Waals surface area contributed by atoms with Crippen LogP contribution in [0.25, 0.3) is 12.2 Å². The van der Waals surface area contributed by atoms with Crippen LogP contribution in [0.2, 0.25) is 0 Å². The third-order valence-electron chi connectivity index (χ3n) is 3.46. The summed E-state index contributed by atoms with van der Waals surface area (Å²) in [5.74, 6) is 0.616. The maximum Gasteiger partial charge on any atom is 0.308 e. The third kappa shape index (κ3) is 5.59. The van der Waals surface area contributed by atoms with Crippen LogP contribution in [0.5, 0.6) is 23.0 Å². The average molecular weight is 514 g/mol. The van der Waals surface area contributed by atoms with Crippen molar-refractivity contribution < 1.29 is 28.5 Å². The highest BCUT2D eigenvalue weighted by Crippen LogP contribution is 2.39. The molecule has 0 heterocycles. The number of methoxy groups -OCH3 is 2. The molecule has 0 spiro atoms. The zero-order valence-corrected chi connectivity index (χ0v) is 18.8. The lowest BCUT2D eigenvalue weighted by Crippen LogP contribution is -2.04. The molecule has 2 aromatic rings. The Labute approximate surface area is 179 Å². The second-order valence-electron chi connectivity index (χ2n) is 5.59. The van der Waals surface area contributed by atoms with Gasteiger partial charge in [-0.15, -0.1) is 0 Å². The maximum atomic E-state index is 11.3. The summed E-state index contributed by atoms with van der Waals surface area (Å²) in [6.45, 7) is 2.65. The standard InChI is InChI=1S/C20H18Br2O6/c1-11(23)27-19-15(21)7-13(9-17(19)25-3)5-6-14-8-16(22)20(28-12(2)24)18(10-14)26-4/h5-10H,1-4H3. The number of ether oxygens (including phenoxy) is 4. The van der Waals surface area contributed by atoms with E-state index < -0.39 is 11.9 Å². The first-order valence-corrected chi connectivity index (χ1v) is 9.63. The Hall–Kier alpha value is -2.32. The summed E-state index contributed by atoms with van der Waals surface area (Å²) in [7, 11) is 3.00. The first-order valence-electron chi connectivity index (χ1n) is 8.05. The van der Waals surface area contributed by atoms with Crippen LogP contribution in [0.4, 0.5) is 0 Å². The van der Waals surface area contributed by atoms with Crippen molar-refractivity contribution in [1.29, 1.82) is 0 Å². The molecule has 0 bridgehead atoms. The quantitative estimate of drug-likeness (QED) is 0.298. The van der Waals surface area contributed by atoms with Gasteiger partial charge in [-0.25, -0.2) is 0 Å². The minimum absolute atomic E-state index is 0.322. The van der Waals surface area contributed by atoms with Crippen molar-refractivity contribution in [3.8, 4) is 23.0 Å². The maximum absolute atomic E-state index is 11.3. The van der Waals surface area contributed by atoms with Crippen LogP contribution in [0.1, 0.15) is 25.0 Å². The highest BCUT2D eigenvalue weighted by atomic mass is 79.9. The first-order chi connectivity index (χ1) is 13.2. The van der Waals surface area contributed by atoms with Crippen molar-refractivity contribution in [3.05, 3.63) is 44.3 Å². The van der Waals surface area contributed by atoms with Crippen LogP contribution in [-0.4, -0.2) is 26.2 Å². The predicted molar refractivity (Wildman–Crippen MR) is 113 cm³/mol. The van der Waals surface area contributed by atoms with E-state index in [0.717, 1.165) is 11.1 Å².